The van der Waals surface area contributed by atoms with Gasteiger partial charge in [-0.15, -0.1) is 0 Å². The third kappa shape index (κ3) is 5.15. The van der Waals surface area contributed by atoms with Gasteiger partial charge in [-0.3, -0.25) is 0 Å². The molecule has 0 aromatic heterocycles. The first-order valence-electron chi connectivity index (χ1n) is 2.20. The molecule has 0 spiro atoms. The fourth-order valence-corrected chi connectivity index (χ4v) is 1.89. The number of unbranched alkanes of at least 4 members (excludes halogenated alkanes) is 1. The van der Waals surface area contributed by atoms with Crippen LogP contribution in [-0.2, 0) is 0 Å². The summed E-state index contributed by atoms with van der Waals surface area (Å²) in [4.78, 5) is 0. The summed E-state index contributed by atoms with van der Waals surface area (Å²) < 4.78 is 0. The van der Waals surface area contributed by atoms with Crippen LogP contribution in [0.15, 0.2) is 0 Å². The normalized spacial score (nSPS) is 9.00. The number of rotatable bonds is 3. The SMILES string of the molecule is CCCC[S][Sn]. The van der Waals surface area contributed by atoms with Gasteiger partial charge < -0.3 is 0 Å². The van der Waals surface area contributed by atoms with Crippen molar-refractivity contribution < 1.29 is 0 Å². The van der Waals surface area contributed by atoms with Crippen molar-refractivity contribution in [3.05, 3.63) is 0 Å². The average molecular weight is 208 g/mol. The Morgan fingerprint density at radius 2 is 2.33 bits per heavy atom. The van der Waals surface area contributed by atoms with Crippen LogP contribution in [0.4, 0.5) is 0 Å². The van der Waals surface area contributed by atoms with Crippen molar-refractivity contribution in [3.8, 4) is 0 Å². The molecule has 2 heteroatoms. The van der Waals surface area contributed by atoms with E-state index in [1.54, 1.807) is 21.1 Å². The molecule has 0 aliphatic carbocycles. The van der Waals surface area contributed by atoms with Gasteiger partial charge in [0.05, 0.1) is 0 Å². The summed E-state index contributed by atoms with van der Waals surface area (Å²) in [5.74, 6) is 1.37. The van der Waals surface area contributed by atoms with Gasteiger partial charge in [-0.25, -0.2) is 0 Å². The maximum atomic E-state index is 2.23. The fraction of sp³-hybridized carbons (Fsp3) is 1.00. The molecule has 35 valence electrons. The zero-order valence-electron chi connectivity index (χ0n) is 4.03. The monoisotopic (exact) mass is 209 g/mol. The van der Waals surface area contributed by atoms with Gasteiger partial charge in [-0.1, -0.05) is 0 Å². The Bertz CT molecular complexity index is 19.5. The van der Waals surface area contributed by atoms with Crippen molar-refractivity contribution >= 4 is 30.1 Å². The van der Waals surface area contributed by atoms with Crippen molar-refractivity contribution in [2.45, 2.75) is 19.8 Å². The Morgan fingerprint density at radius 3 is 2.50 bits per heavy atom. The van der Waals surface area contributed by atoms with Gasteiger partial charge in [0.2, 0.25) is 0 Å². The van der Waals surface area contributed by atoms with E-state index >= 15 is 0 Å². The van der Waals surface area contributed by atoms with E-state index in [0.717, 1.165) is 0 Å². The van der Waals surface area contributed by atoms with Crippen molar-refractivity contribution in [3.63, 3.8) is 0 Å². The van der Waals surface area contributed by atoms with E-state index in [2.05, 4.69) is 6.92 Å². The topological polar surface area (TPSA) is 0 Å². The van der Waals surface area contributed by atoms with Crippen molar-refractivity contribution in [1.29, 1.82) is 0 Å². The third-order valence-electron chi connectivity index (χ3n) is 0.600. The van der Waals surface area contributed by atoms with E-state index in [0.29, 0.717) is 0 Å². The molecule has 0 atom stereocenters. The zero-order chi connectivity index (χ0) is 4.83. The second kappa shape index (κ2) is 6.15. The molecule has 0 heterocycles. The molecule has 0 unspecified atom stereocenters. The average Bonchev–Trinajstić information content (AvgIpc) is 1.61. The predicted molar refractivity (Wildman–Crippen MR) is 33.1 cm³/mol. The molecule has 0 saturated carbocycles. The summed E-state index contributed by atoms with van der Waals surface area (Å²) in [6.45, 7) is 2.23. The summed E-state index contributed by atoms with van der Waals surface area (Å²) in [6, 6.07) is 0. The summed E-state index contributed by atoms with van der Waals surface area (Å²) in [5, 5.41) is 0. The molecule has 0 aromatic rings. The Balaban J connectivity index is 2.34. The van der Waals surface area contributed by atoms with Crippen LogP contribution in [0.5, 0.6) is 0 Å². The van der Waals surface area contributed by atoms with Gasteiger partial charge in [-0.05, 0) is 0 Å². The summed E-state index contributed by atoms with van der Waals surface area (Å²) in [7, 11) is 2.02. The van der Waals surface area contributed by atoms with E-state index in [1.165, 1.54) is 18.6 Å². The van der Waals surface area contributed by atoms with Crippen LogP contribution in [0.3, 0.4) is 0 Å². The molecule has 0 rings (SSSR count). The van der Waals surface area contributed by atoms with Crippen LogP contribution in [0.2, 0.25) is 0 Å². The first-order valence-corrected chi connectivity index (χ1v) is 6.68. The van der Waals surface area contributed by atoms with Crippen molar-refractivity contribution in [2.24, 2.45) is 0 Å². The fourth-order valence-electron chi connectivity index (χ4n) is 0.217. The minimum atomic E-state index is 1.35. The zero-order valence-corrected chi connectivity index (χ0v) is 7.70. The second-order valence-electron chi connectivity index (χ2n) is 1.20. The molecule has 6 heavy (non-hydrogen) atoms. The molecular weight excluding hydrogens is 199 g/mol. The van der Waals surface area contributed by atoms with Gasteiger partial charge in [-0.2, -0.15) is 0 Å². The minimum absolute atomic E-state index is 1.35. The standard InChI is InChI=1S/C4H10S.Sn/c1-2-3-4-5;/h5H,2-4H2,1H3;/q;+1/p-1. The molecule has 0 saturated heterocycles. The molecule has 0 nitrogen and oxygen atoms in total. The van der Waals surface area contributed by atoms with Crippen LogP contribution in [0.25, 0.3) is 0 Å². The van der Waals surface area contributed by atoms with Crippen LogP contribution in [0, 0.1) is 0 Å². The van der Waals surface area contributed by atoms with Gasteiger partial charge in [0.15, 0.2) is 0 Å². The van der Waals surface area contributed by atoms with Crippen LogP contribution in [-0.4, -0.2) is 26.9 Å². The third-order valence-corrected chi connectivity index (χ3v) is 2.84. The first-order chi connectivity index (χ1) is 2.91. The van der Waals surface area contributed by atoms with E-state index < -0.39 is 0 Å². The van der Waals surface area contributed by atoms with Gasteiger partial charge in [0, 0.05) is 0 Å². The van der Waals surface area contributed by atoms with Crippen LogP contribution >= 0.6 is 8.95 Å². The van der Waals surface area contributed by atoms with E-state index in [1.807, 2.05) is 8.95 Å². The molecule has 0 aliphatic rings. The van der Waals surface area contributed by atoms with Gasteiger partial charge in [0.1, 0.15) is 0 Å². The quantitative estimate of drug-likeness (QED) is 0.501. The Kier molecular flexibility index (Phi) is 7.33. The van der Waals surface area contributed by atoms with Crippen molar-refractivity contribution in [2.75, 3.05) is 5.75 Å². The maximum absolute atomic E-state index is 2.23. The molecule has 0 fully saturated rings. The Hall–Kier alpha value is 1.15. The number of hydrogen-bond donors (Lipinski definition) is 0. The van der Waals surface area contributed by atoms with Gasteiger partial charge in [0.25, 0.3) is 0 Å². The Morgan fingerprint density at radius 1 is 1.67 bits per heavy atom. The molecule has 0 aromatic carbocycles. The molecule has 0 N–H and O–H groups in total. The summed E-state index contributed by atoms with van der Waals surface area (Å²) in [5.41, 5.74) is 0. The second-order valence-corrected chi connectivity index (χ2v) is 4.37. The van der Waals surface area contributed by atoms with Crippen LogP contribution in [0.1, 0.15) is 19.8 Å². The van der Waals surface area contributed by atoms with Crippen molar-refractivity contribution in [1.82, 2.24) is 0 Å². The van der Waals surface area contributed by atoms with Gasteiger partial charge >= 0.3 is 55.6 Å². The molecule has 0 aliphatic heterocycles. The Labute approximate surface area is 55.6 Å². The molecule has 0 bridgehead atoms. The first kappa shape index (κ1) is 7.15. The molecule has 0 amide bonds. The van der Waals surface area contributed by atoms with E-state index in [9.17, 15) is 0 Å². The van der Waals surface area contributed by atoms with Crippen LogP contribution < -0.4 is 0 Å². The molecule has 3 radical (unpaired) electrons. The van der Waals surface area contributed by atoms with E-state index in [-0.39, 0.29) is 0 Å². The van der Waals surface area contributed by atoms with E-state index in [4.69, 9.17) is 0 Å². The summed E-state index contributed by atoms with van der Waals surface area (Å²) >= 11 is 1.61. The summed E-state index contributed by atoms with van der Waals surface area (Å²) in [6.07, 6.45) is 2.75. The molecular formula is C4H9SSn. The predicted octanol–water partition coefficient (Wildman–Crippen LogP) is 1.60. The number of hydrogen-bond acceptors (Lipinski definition) is 1.